The number of carbonyl (C=O) groups is 2. The maximum atomic E-state index is 11.3. The number of carbonyl (C=O) groups excluding carboxylic acids is 2. The van der Waals surface area contributed by atoms with Crippen molar-refractivity contribution in [3.8, 4) is 0 Å². The first-order chi connectivity index (χ1) is 6.94. The molecule has 0 bridgehead atoms. The third-order valence-electron chi connectivity index (χ3n) is 1.90. The van der Waals surface area contributed by atoms with E-state index in [-0.39, 0.29) is 25.4 Å². The second-order valence-electron chi connectivity index (χ2n) is 3.44. The van der Waals surface area contributed by atoms with Crippen LogP contribution in [0.15, 0.2) is 0 Å². The van der Waals surface area contributed by atoms with Crippen molar-refractivity contribution in [2.24, 2.45) is 5.73 Å². The maximum absolute atomic E-state index is 11.3. The molecule has 15 heavy (non-hydrogen) atoms. The van der Waals surface area contributed by atoms with E-state index >= 15 is 0 Å². The van der Waals surface area contributed by atoms with Gasteiger partial charge in [-0.05, 0) is 27.2 Å². The van der Waals surface area contributed by atoms with Gasteiger partial charge in [0.25, 0.3) is 0 Å². The summed E-state index contributed by atoms with van der Waals surface area (Å²) >= 11 is 0. The van der Waals surface area contributed by atoms with Crippen LogP contribution in [0.1, 0.15) is 33.6 Å². The Morgan fingerprint density at radius 3 is 2.20 bits per heavy atom. The van der Waals surface area contributed by atoms with E-state index in [1.165, 1.54) is 0 Å². The molecule has 0 aromatic heterocycles. The van der Waals surface area contributed by atoms with E-state index in [9.17, 15) is 9.59 Å². The van der Waals surface area contributed by atoms with Gasteiger partial charge in [0.2, 0.25) is 0 Å². The molecule has 0 radical (unpaired) electrons. The van der Waals surface area contributed by atoms with Crippen LogP contribution in [0, 0.1) is 0 Å². The molecular formula is C10H19NO4. The summed E-state index contributed by atoms with van der Waals surface area (Å²) in [5, 5.41) is 0. The second kappa shape index (κ2) is 6.40. The quantitative estimate of drug-likeness (QED) is 0.659. The molecule has 0 aromatic rings. The minimum atomic E-state index is -1.12. The molecular weight excluding hydrogens is 198 g/mol. The first-order valence-electron chi connectivity index (χ1n) is 5.05. The van der Waals surface area contributed by atoms with Crippen molar-refractivity contribution in [1.82, 2.24) is 0 Å². The summed E-state index contributed by atoms with van der Waals surface area (Å²) in [4.78, 5) is 22.4. The van der Waals surface area contributed by atoms with E-state index in [0.717, 1.165) is 0 Å². The Morgan fingerprint density at radius 1 is 1.20 bits per heavy atom. The summed E-state index contributed by atoms with van der Waals surface area (Å²) in [5.41, 5.74) is 4.59. The van der Waals surface area contributed by atoms with Gasteiger partial charge in [0.1, 0.15) is 5.54 Å². The van der Waals surface area contributed by atoms with Crippen LogP contribution in [-0.2, 0) is 19.1 Å². The van der Waals surface area contributed by atoms with E-state index in [1.807, 2.05) is 0 Å². The first-order valence-corrected chi connectivity index (χ1v) is 5.05. The minimum Gasteiger partial charge on any atom is -0.466 e. The molecule has 0 spiro atoms. The van der Waals surface area contributed by atoms with Crippen molar-refractivity contribution < 1.29 is 19.1 Å². The number of ether oxygens (including phenoxy) is 2. The minimum absolute atomic E-state index is 0.125. The zero-order valence-corrected chi connectivity index (χ0v) is 9.54. The van der Waals surface area contributed by atoms with Crippen molar-refractivity contribution in [2.45, 2.75) is 39.2 Å². The lowest BCUT2D eigenvalue weighted by Crippen LogP contribution is -2.46. The smallest absolute Gasteiger partial charge is 0.325 e. The summed E-state index contributed by atoms with van der Waals surface area (Å²) in [6.07, 6.45) is 0.352. The summed E-state index contributed by atoms with van der Waals surface area (Å²) < 4.78 is 9.51. The standard InChI is InChI=1S/C10H19NO4/c1-4-14-8(12)6-7-10(3,11)9(13)15-5-2/h4-7,11H2,1-3H3/t10-/m1/s1. The average molecular weight is 217 g/mol. The zero-order valence-electron chi connectivity index (χ0n) is 9.54. The van der Waals surface area contributed by atoms with Crippen LogP contribution in [-0.4, -0.2) is 30.7 Å². The average Bonchev–Trinajstić information content (AvgIpc) is 2.16. The van der Waals surface area contributed by atoms with Gasteiger partial charge in [-0.2, -0.15) is 0 Å². The third kappa shape index (κ3) is 5.37. The molecule has 2 N–H and O–H groups in total. The predicted molar refractivity (Wildman–Crippen MR) is 55.1 cm³/mol. The Kier molecular flexibility index (Phi) is 5.93. The van der Waals surface area contributed by atoms with Gasteiger partial charge in [0, 0.05) is 6.42 Å². The molecule has 0 amide bonds. The van der Waals surface area contributed by atoms with E-state index < -0.39 is 11.5 Å². The molecule has 0 aliphatic heterocycles. The van der Waals surface area contributed by atoms with Crippen LogP contribution < -0.4 is 5.73 Å². The summed E-state index contributed by atoms with van der Waals surface area (Å²) in [5.74, 6) is -0.840. The van der Waals surface area contributed by atoms with Gasteiger partial charge < -0.3 is 15.2 Å². The van der Waals surface area contributed by atoms with Gasteiger partial charge in [-0.15, -0.1) is 0 Å². The fraction of sp³-hybridized carbons (Fsp3) is 0.800. The molecule has 0 aromatic carbocycles. The fourth-order valence-electron chi connectivity index (χ4n) is 0.993. The highest BCUT2D eigenvalue weighted by molar-refractivity contribution is 5.81. The molecule has 0 fully saturated rings. The van der Waals surface area contributed by atoms with Crippen LogP contribution in [0.3, 0.4) is 0 Å². The molecule has 0 aliphatic rings. The predicted octanol–water partition coefficient (Wildman–Crippen LogP) is 0.610. The van der Waals surface area contributed by atoms with Crippen LogP contribution in [0.5, 0.6) is 0 Å². The fourth-order valence-corrected chi connectivity index (χ4v) is 0.993. The number of nitrogens with two attached hydrogens (primary N) is 1. The van der Waals surface area contributed by atoms with Crippen molar-refractivity contribution in [2.75, 3.05) is 13.2 Å². The second-order valence-corrected chi connectivity index (χ2v) is 3.44. The van der Waals surface area contributed by atoms with E-state index in [0.29, 0.717) is 6.61 Å². The third-order valence-corrected chi connectivity index (χ3v) is 1.90. The highest BCUT2D eigenvalue weighted by Crippen LogP contribution is 2.11. The Labute approximate surface area is 89.9 Å². The van der Waals surface area contributed by atoms with Crippen molar-refractivity contribution in [3.63, 3.8) is 0 Å². The molecule has 0 aliphatic carbocycles. The molecule has 1 atom stereocenters. The van der Waals surface area contributed by atoms with Crippen molar-refractivity contribution >= 4 is 11.9 Å². The first kappa shape index (κ1) is 13.9. The molecule has 0 saturated heterocycles. The largest absolute Gasteiger partial charge is 0.466 e. The Morgan fingerprint density at radius 2 is 1.73 bits per heavy atom. The Balaban J connectivity index is 4.03. The molecule has 88 valence electrons. The van der Waals surface area contributed by atoms with Crippen LogP contribution in [0.25, 0.3) is 0 Å². The number of esters is 2. The Hall–Kier alpha value is -1.10. The highest BCUT2D eigenvalue weighted by Gasteiger charge is 2.30. The lowest BCUT2D eigenvalue weighted by molar-refractivity contribution is -0.150. The summed E-state index contributed by atoms with van der Waals surface area (Å²) in [6, 6.07) is 0. The summed E-state index contributed by atoms with van der Waals surface area (Å²) in [7, 11) is 0. The normalized spacial score (nSPS) is 14.1. The van der Waals surface area contributed by atoms with E-state index in [4.69, 9.17) is 15.2 Å². The van der Waals surface area contributed by atoms with Crippen LogP contribution in [0.4, 0.5) is 0 Å². The van der Waals surface area contributed by atoms with Gasteiger partial charge in [-0.3, -0.25) is 9.59 Å². The lowest BCUT2D eigenvalue weighted by atomic mass is 9.97. The highest BCUT2D eigenvalue weighted by atomic mass is 16.5. The molecule has 0 heterocycles. The molecule has 5 nitrogen and oxygen atoms in total. The van der Waals surface area contributed by atoms with Crippen LogP contribution >= 0.6 is 0 Å². The van der Waals surface area contributed by atoms with Gasteiger partial charge in [-0.1, -0.05) is 0 Å². The topological polar surface area (TPSA) is 78.6 Å². The Bertz CT molecular complexity index is 225. The van der Waals surface area contributed by atoms with Gasteiger partial charge >= 0.3 is 11.9 Å². The molecule has 0 rings (SSSR count). The number of rotatable bonds is 6. The SMILES string of the molecule is CCOC(=O)CC[C@@](C)(N)C(=O)OCC. The van der Waals surface area contributed by atoms with E-state index in [1.54, 1.807) is 20.8 Å². The monoisotopic (exact) mass is 217 g/mol. The van der Waals surface area contributed by atoms with Gasteiger partial charge in [0.15, 0.2) is 0 Å². The summed E-state index contributed by atoms with van der Waals surface area (Å²) in [6.45, 7) is 5.60. The van der Waals surface area contributed by atoms with E-state index in [2.05, 4.69) is 0 Å². The molecule has 5 heteroatoms. The number of hydrogen-bond donors (Lipinski definition) is 1. The lowest BCUT2D eigenvalue weighted by Gasteiger charge is -2.21. The van der Waals surface area contributed by atoms with Crippen LogP contribution in [0.2, 0.25) is 0 Å². The zero-order chi connectivity index (χ0) is 11.9. The van der Waals surface area contributed by atoms with Gasteiger partial charge in [0.05, 0.1) is 13.2 Å². The van der Waals surface area contributed by atoms with Gasteiger partial charge in [-0.25, -0.2) is 0 Å². The van der Waals surface area contributed by atoms with Crippen molar-refractivity contribution in [3.05, 3.63) is 0 Å². The molecule has 0 saturated carbocycles. The maximum Gasteiger partial charge on any atom is 0.325 e. The van der Waals surface area contributed by atoms with Crippen molar-refractivity contribution in [1.29, 1.82) is 0 Å². The number of hydrogen-bond acceptors (Lipinski definition) is 5. The molecule has 0 unspecified atom stereocenters.